The molecule has 31 heavy (non-hydrogen) atoms. The van der Waals surface area contributed by atoms with Gasteiger partial charge in [0.2, 0.25) is 0 Å². The number of halogens is 3. The zero-order valence-electron chi connectivity index (χ0n) is 16.2. The minimum Gasteiger partial charge on any atom is -0.465 e. The van der Waals surface area contributed by atoms with Crippen LogP contribution in [0.5, 0.6) is 0 Å². The van der Waals surface area contributed by atoms with E-state index in [0.29, 0.717) is 5.02 Å². The molecule has 0 saturated carbocycles. The molecule has 0 saturated heterocycles. The number of thiophene rings is 1. The first-order valence-electron chi connectivity index (χ1n) is 8.77. The molecule has 0 fully saturated rings. The number of ether oxygens (including phenoxy) is 1. The third-order valence-corrected chi connectivity index (χ3v) is 6.04. The molecule has 2 amide bonds. The summed E-state index contributed by atoms with van der Waals surface area (Å²) in [5.41, 5.74) is 0.362. The lowest BCUT2D eigenvalue weighted by molar-refractivity contribution is 0.0601. The van der Waals surface area contributed by atoms with Crippen molar-refractivity contribution in [3.05, 3.63) is 79.9 Å². The van der Waals surface area contributed by atoms with Crippen molar-refractivity contribution in [2.45, 2.75) is 6.92 Å². The number of esters is 1. The van der Waals surface area contributed by atoms with Crippen LogP contribution in [0.2, 0.25) is 10.0 Å². The average Bonchev–Trinajstić information content (AvgIpc) is 3.06. The van der Waals surface area contributed by atoms with E-state index in [1.165, 1.54) is 44.4 Å². The maximum absolute atomic E-state index is 14.0. The van der Waals surface area contributed by atoms with Crippen LogP contribution in [0, 0.1) is 12.7 Å². The molecular weight excluding hydrogens is 466 g/mol. The summed E-state index contributed by atoms with van der Waals surface area (Å²) in [5, 5.41) is 5.82. The van der Waals surface area contributed by atoms with Gasteiger partial charge in [-0.2, -0.15) is 0 Å². The summed E-state index contributed by atoms with van der Waals surface area (Å²) in [6.07, 6.45) is 0. The molecule has 0 aliphatic heterocycles. The first-order valence-corrected chi connectivity index (χ1v) is 10.3. The Morgan fingerprint density at radius 2 is 1.74 bits per heavy atom. The molecule has 10 heteroatoms. The highest BCUT2D eigenvalue weighted by Gasteiger charge is 2.27. The van der Waals surface area contributed by atoms with Gasteiger partial charge in [-0.15, -0.1) is 11.3 Å². The van der Waals surface area contributed by atoms with Gasteiger partial charge in [-0.05, 0) is 42.8 Å². The molecule has 2 N–H and O–H groups in total. The van der Waals surface area contributed by atoms with Crippen molar-refractivity contribution in [1.82, 2.24) is 0 Å². The third kappa shape index (κ3) is 4.87. The highest BCUT2D eigenvalue weighted by molar-refractivity contribution is 7.19. The predicted molar refractivity (Wildman–Crippen MR) is 119 cm³/mol. The van der Waals surface area contributed by atoms with Gasteiger partial charge in [-0.3, -0.25) is 9.59 Å². The molecular formula is C21H15Cl2FN2O4S. The van der Waals surface area contributed by atoms with Crippen LogP contribution in [0.3, 0.4) is 0 Å². The molecule has 1 heterocycles. The highest BCUT2D eigenvalue weighted by Crippen LogP contribution is 2.35. The Morgan fingerprint density at radius 1 is 1.03 bits per heavy atom. The quantitative estimate of drug-likeness (QED) is 0.452. The van der Waals surface area contributed by atoms with Crippen LogP contribution in [-0.2, 0) is 4.74 Å². The van der Waals surface area contributed by atoms with Crippen LogP contribution in [0.25, 0.3) is 0 Å². The van der Waals surface area contributed by atoms with Crippen molar-refractivity contribution >= 4 is 63.0 Å². The minimum absolute atomic E-state index is 0.000435. The van der Waals surface area contributed by atoms with Gasteiger partial charge in [0.25, 0.3) is 11.8 Å². The molecule has 0 atom stereocenters. The second kappa shape index (κ2) is 9.47. The summed E-state index contributed by atoms with van der Waals surface area (Å²) >= 11 is 12.9. The van der Waals surface area contributed by atoms with Crippen LogP contribution in [0.1, 0.15) is 36.0 Å². The number of carbonyl (C=O) groups excluding carboxylic acids is 3. The fourth-order valence-corrected chi connectivity index (χ4v) is 4.18. The molecule has 0 radical (unpaired) electrons. The molecule has 160 valence electrons. The second-order valence-corrected chi connectivity index (χ2v) is 8.13. The number of anilines is 2. The molecule has 0 aliphatic rings. The summed E-state index contributed by atoms with van der Waals surface area (Å²) in [6.45, 7) is 1.54. The minimum atomic E-state index is -0.769. The van der Waals surface area contributed by atoms with Gasteiger partial charge < -0.3 is 15.4 Å². The largest absolute Gasteiger partial charge is 0.465 e. The van der Waals surface area contributed by atoms with Gasteiger partial charge in [0, 0.05) is 5.02 Å². The van der Waals surface area contributed by atoms with Crippen LogP contribution < -0.4 is 10.6 Å². The SMILES string of the molecule is COC(=O)c1c(NC(=O)c2ccccc2F)sc(C(=O)Nc2cc(Cl)ccc2Cl)c1C. The van der Waals surface area contributed by atoms with Crippen molar-refractivity contribution in [2.75, 3.05) is 17.7 Å². The number of rotatable bonds is 5. The number of hydrogen-bond acceptors (Lipinski definition) is 5. The van der Waals surface area contributed by atoms with Crippen molar-refractivity contribution in [3.8, 4) is 0 Å². The highest BCUT2D eigenvalue weighted by atomic mass is 35.5. The summed E-state index contributed by atoms with van der Waals surface area (Å²) in [5.74, 6) is -2.81. The lowest BCUT2D eigenvalue weighted by Crippen LogP contribution is -2.15. The normalized spacial score (nSPS) is 10.5. The van der Waals surface area contributed by atoms with Crippen LogP contribution in [0.4, 0.5) is 15.1 Å². The summed E-state index contributed by atoms with van der Waals surface area (Å²) in [7, 11) is 1.17. The number of methoxy groups -OCH3 is 1. The van der Waals surface area contributed by atoms with Gasteiger partial charge in [-0.1, -0.05) is 35.3 Å². The molecule has 3 rings (SSSR count). The van der Waals surface area contributed by atoms with Crippen LogP contribution >= 0.6 is 34.5 Å². The van der Waals surface area contributed by atoms with Crippen LogP contribution in [0.15, 0.2) is 42.5 Å². The van der Waals surface area contributed by atoms with E-state index < -0.39 is 23.6 Å². The Hall–Kier alpha value is -2.94. The zero-order valence-corrected chi connectivity index (χ0v) is 18.5. The van der Waals surface area contributed by atoms with E-state index in [2.05, 4.69) is 10.6 Å². The molecule has 2 aromatic carbocycles. The van der Waals surface area contributed by atoms with Gasteiger partial charge in [-0.25, -0.2) is 9.18 Å². The number of nitrogens with one attached hydrogen (secondary N) is 2. The number of hydrogen-bond donors (Lipinski definition) is 2. The zero-order chi connectivity index (χ0) is 22.7. The molecule has 0 aliphatic carbocycles. The Morgan fingerprint density at radius 3 is 2.42 bits per heavy atom. The van der Waals surface area contributed by atoms with Crippen molar-refractivity contribution in [1.29, 1.82) is 0 Å². The molecule has 0 spiro atoms. The fourth-order valence-electron chi connectivity index (χ4n) is 2.75. The monoisotopic (exact) mass is 480 g/mol. The van der Waals surface area contributed by atoms with Gasteiger partial charge in [0.1, 0.15) is 10.8 Å². The van der Waals surface area contributed by atoms with Crippen LogP contribution in [-0.4, -0.2) is 24.9 Å². The molecule has 1 aromatic heterocycles. The van der Waals surface area contributed by atoms with Crippen molar-refractivity contribution < 1.29 is 23.5 Å². The lowest BCUT2D eigenvalue weighted by atomic mass is 10.1. The molecule has 0 unspecified atom stereocenters. The summed E-state index contributed by atoms with van der Waals surface area (Å²) in [6, 6.07) is 9.98. The van der Waals surface area contributed by atoms with E-state index >= 15 is 0 Å². The first kappa shape index (κ1) is 22.7. The maximum Gasteiger partial charge on any atom is 0.341 e. The lowest BCUT2D eigenvalue weighted by Gasteiger charge is -2.07. The first-order chi connectivity index (χ1) is 14.7. The maximum atomic E-state index is 14.0. The van der Waals surface area contributed by atoms with E-state index in [0.717, 1.165) is 17.4 Å². The van der Waals surface area contributed by atoms with E-state index in [1.54, 1.807) is 6.07 Å². The van der Waals surface area contributed by atoms with Crippen molar-refractivity contribution in [2.24, 2.45) is 0 Å². The van der Waals surface area contributed by atoms with E-state index in [4.69, 9.17) is 27.9 Å². The van der Waals surface area contributed by atoms with Gasteiger partial charge >= 0.3 is 5.97 Å². The molecule has 0 bridgehead atoms. The third-order valence-electron chi connectivity index (χ3n) is 4.26. The standard InChI is InChI=1S/C21H15Cl2FN2O4S/c1-10-16(21(29)30-2)20(26-18(27)12-5-3-4-6-14(12)24)31-17(10)19(28)25-15-9-11(22)7-8-13(15)23/h3-9H,1-2H3,(H,25,28)(H,26,27). The summed E-state index contributed by atoms with van der Waals surface area (Å²) < 4.78 is 18.7. The Kier molecular flexibility index (Phi) is 6.94. The fraction of sp³-hybridized carbons (Fsp3) is 0.0952. The average molecular weight is 481 g/mol. The Balaban J connectivity index is 1.97. The number of carbonyl (C=O) groups is 3. The molecule has 3 aromatic rings. The smallest absolute Gasteiger partial charge is 0.341 e. The number of benzene rings is 2. The second-order valence-electron chi connectivity index (χ2n) is 6.26. The van der Waals surface area contributed by atoms with Gasteiger partial charge in [0.05, 0.1) is 33.8 Å². The Labute approximate surface area is 190 Å². The van der Waals surface area contributed by atoms with Gasteiger partial charge in [0.15, 0.2) is 0 Å². The van der Waals surface area contributed by atoms with E-state index in [-0.39, 0.29) is 37.3 Å². The topological polar surface area (TPSA) is 84.5 Å². The Bertz CT molecular complexity index is 1200. The predicted octanol–water partition coefficient (Wildman–Crippen LogP) is 5.79. The van der Waals surface area contributed by atoms with E-state index in [1.807, 2.05) is 0 Å². The number of amides is 2. The summed E-state index contributed by atoms with van der Waals surface area (Å²) in [4.78, 5) is 37.9. The van der Waals surface area contributed by atoms with Crippen molar-refractivity contribution in [3.63, 3.8) is 0 Å². The van der Waals surface area contributed by atoms with E-state index in [9.17, 15) is 18.8 Å². The molecule has 6 nitrogen and oxygen atoms in total.